The van der Waals surface area contributed by atoms with Crippen LogP contribution >= 0.6 is 11.6 Å². The molecule has 10 nitrogen and oxygen atoms in total. The molecule has 0 saturated carbocycles. The van der Waals surface area contributed by atoms with E-state index < -0.39 is 15.9 Å². The zero-order valence-electron chi connectivity index (χ0n) is 17.0. The van der Waals surface area contributed by atoms with Crippen molar-refractivity contribution in [2.45, 2.75) is 0 Å². The number of nitrogens with two attached hydrogens (primary N) is 1. The number of carbonyl (C=O) groups excluding carboxylic acids is 2. The van der Waals surface area contributed by atoms with Gasteiger partial charge in [-0.3, -0.25) is 13.9 Å². The number of benzene rings is 1. The number of anilines is 3. The van der Waals surface area contributed by atoms with Crippen LogP contribution in [-0.2, 0) is 14.8 Å². The van der Waals surface area contributed by atoms with Crippen molar-refractivity contribution in [2.75, 3.05) is 49.2 Å². The van der Waals surface area contributed by atoms with Gasteiger partial charge in [0.2, 0.25) is 10.0 Å². The van der Waals surface area contributed by atoms with Crippen LogP contribution in [0.3, 0.4) is 0 Å². The summed E-state index contributed by atoms with van der Waals surface area (Å²) in [6.45, 7) is 1.66. The maximum atomic E-state index is 13.0. The molecule has 31 heavy (non-hydrogen) atoms. The van der Waals surface area contributed by atoms with E-state index in [0.717, 1.165) is 10.6 Å². The largest absolute Gasteiger partial charge is 0.378 e. The summed E-state index contributed by atoms with van der Waals surface area (Å²) in [4.78, 5) is 30.4. The molecular weight excluding hydrogens is 446 g/mol. The van der Waals surface area contributed by atoms with Crippen molar-refractivity contribution in [3.8, 4) is 0 Å². The van der Waals surface area contributed by atoms with Gasteiger partial charge in [-0.2, -0.15) is 0 Å². The highest BCUT2D eigenvalue weighted by Gasteiger charge is 2.25. The summed E-state index contributed by atoms with van der Waals surface area (Å²) in [6, 6.07) is 7.45. The van der Waals surface area contributed by atoms with Gasteiger partial charge in [-0.1, -0.05) is 11.6 Å². The van der Waals surface area contributed by atoms with E-state index in [9.17, 15) is 18.0 Å². The highest BCUT2D eigenvalue weighted by atomic mass is 35.5. The van der Waals surface area contributed by atoms with E-state index in [2.05, 4.69) is 10.3 Å². The van der Waals surface area contributed by atoms with Gasteiger partial charge in [-0.05, 0) is 30.3 Å². The number of nitrogens with zero attached hydrogens (tertiary/aromatic N) is 3. The van der Waals surface area contributed by atoms with Gasteiger partial charge in [0.15, 0.2) is 0 Å². The van der Waals surface area contributed by atoms with E-state index in [0.29, 0.717) is 32.0 Å². The number of halogens is 1. The molecule has 2 heterocycles. The zero-order chi connectivity index (χ0) is 22.8. The van der Waals surface area contributed by atoms with Gasteiger partial charge in [0.05, 0.1) is 36.3 Å². The summed E-state index contributed by atoms with van der Waals surface area (Å²) < 4.78 is 30.7. The van der Waals surface area contributed by atoms with Crippen LogP contribution in [0.5, 0.6) is 0 Å². The summed E-state index contributed by atoms with van der Waals surface area (Å²) >= 11 is 5.93. The Kier molecular flexibility index (Phi) is 6.68. The van der Waals surface area contributed by atoms with Crippen LogP contribution in [0.2, 0.25) is 5.15 Å². The van der Waals surface area contributed by atoms with Gasteiger partial charge in [-0.15, -0.1) is 0 Å². The van der Waals surface area contributed by atoms with E-state index in [-0.39, 0.29) is 33.7 Å². The lowest BCUT2D eigenvalue weighted by Gasteiger charge is -2.29. The maximum absolute atomic E-state index is 13.0. The Balaban J connectivity index is 2.04. The lowest BCUT2D eigenvalue weighted by Crippen LogP contribution is -2.41. The molecule has 0 spiro atoms. The topological polar surface area (TPSA) is 135 Å². The molecule has 0 radical (unpaired) electrons. The molecule has 12 heteroatoms. The van der Waals surface area contributed by atoms with Crippen LogP contribution in [0, 0.1) is 0 Å². The average Bonchev–Trinajstić information content (AvgIpc) is 2.72. The molecule has 0 atom stereocenters. The van der Waals surface area contributed by atoms with Crippen molar-refractivity contribution in [1.29, 1.82) is 0 Å². The first-order valence-corrected chi connectivity index (χ1v) is 11.5. The second kappa shape index (κ2) is 9.08. The van der Waals surface area contributed by atoms with Crippen LogP contribution in [0.4, 0.5) is 17.2 Å². The molecule has 2 amide bonds. The number of nitrogens with one attached hydrogen (secondary N) is 1. The van der Waals surface area contributed by atoms with Crippen molar-refractivity contribution in [3.05, 3.63) is 46.6 Å². The number of rotatable bonds is 6. The molecule has 3 N–H and O–H groups in total. The number of pyridine rings is 1. The lowest BCUT2D eigenvalue weighted by molar-refractivity contribution is 0.0303. The molecule has 0 bridgehead atoms. The first-order chi connectivity index (χ1) is 14.6. The SMILES string of the molecule is CN(c1cc(Nc2nc(Cl)ccc2C(N)=O)ccc1C(=O)N1CCOCC1)S(C)(=O)=O. The summed E-state index contributed by atoms with van der Waals surface area (Å²) in [5.41, 5.74) is 6.28. The number of sulfonamides is 1. The minimum absolute atomic E-state index is 0.107. The number of morpholine rings is 1. The van der Waals surface area contributed by atoms with Gasteiger partial charge < -0.3 is 20.7 Å². The first-order valence-electron chi connectivity index (χ1n) is 9.26. The Morgan fingerprint density at radius 2 is 1.84 bits per heavy atom. The third-order valence-corrected chi connectivity index (χ3v) is 6.15. The van der Waals surface area contributed by atoms with E-state index in [1.807, 2.05) is 0 Å². The average molecular weight is 468 g/mol. The van der Waals surface area contributed by atoms with Gasteiger partial charge in [-0.25, -0.2) is 13.4 Å². The quantitative estimate of drug-likeness (QED) is 0.613. The van der Waals surface area contributed by atoms with Crippen LogP contribution in [0.1, 0.15) is 20.7 Å². The fraction of sp³-hybridized carbons (Fsp3) is 0.316. The first kappa shape index (κ1) is 22.8. The molecule has 0 unspecified atom stereocenters. The van der Waals surface area contributed by atoms with E-state index in [1.54, 1.807) is 11.0 Å². The molecule has 0 aliphatic carbocycles. The zero-order valence-corrected chi connectivity index (χ0v) is 18.5. The Hall–Kier alpha value is -2.89. The normalized spacial score (nSPS) is 14.2. The predicted octanol–water partition coefficient (Wildman–Crippen LogP) is 1.45. The summed E-state index contributed by atoms with van der Waals surface area (Å²) in [5.74, 6) is -0.904. The molecule has 1 aliphatic rings. The third kappa shape index (κ3) is 5.24. The number of amides is 2. The molecule has 3 rings (SSSR count). The van der Waals surface area contributed by atoms with E-state index >= 15 is 0 Å². The number of aromatic nitrogens is 1. The number of hydrogen-bond donors (Lipinski definition) is 2. The monoisotopic (exact) mass is 467 g/mol. The molecule has 1 aromatic carbocycles. The second-order valence-corrected chi connectivity index (χ2v) is 9.29. The van der Waals surface area contributed by atoms with Crippen LogP contribution in [-0.4, -0.2) is 69.7 Å². The molecule has 1 saturated heterocycles. The Labute approximate surface area is 185 Å². The smallest absolute Gasteiger partial charge is 0.256 e. The van der Waals surface area contributed by atoms with Crippen LogP contribution < -0.4 is 15.4 Å². The third-order valence-electron chi connectivity index (χ3n) is 4.75. The number of carbonyl (C=O) groups is 2. The van der Waals surface area contributed by atoms with Crippen molar-refractivity contribution in [2.24, 2.45) is 5.73 Å². The van der Waals surface area contributed by atoms with Gasteiger partial charge in [0.1, 0.15) is 11.0 Å². The molecule has 1 aliphatic heterocycles. The fourth-order valence-electron chi connectivity index (χ4n) is 3.03. The van der Waals surface area contributed by atoms with Crippen LogP contribution in [0.15, 0.2) is 30.3 Å². The summed E-state index contributed by atoms with van der Waals surface area (Å²) in [6.07, 6.45) is 1.04. The summed E-state index contributed by atoms with van der Waals surface area (Å²) in [7, 11) is -2.30. The number of hydrogen-bond acceptors (Lipinski definition) is 7. The fourth-order valence-corrected chi connectivity index (χ4v) is 3.69. The predicted molar refractivity (Wildman–Crippen MR) is 117 cm³/mol. The van der Waals surface area contributed by atoms with Crippen molar-refractivity contribution in [3.63, 3.8) is 0 Å². The number of ether oxygens (including phenoxy) is 1. The molecule has 1 fully saturated rings. The van der Waals surface area contributed by atoms with E-state index in [4.69, 9.17) is 22.1 Å². The van der Waals surface area contributed by atoms with Crippen molar-refractivity contribution < 1.29 is 22.7 Å². The Morgan fingerprint density at radius 1 is 1.19 bits per heavy atom. The Morgan fingerprint density at radius 3 is 2.45 bits per heavy atom. The van der Waals surface area contributed by atoms with E-state index in [1.165, 1.54) is 31.3 Å². The minimum Gasteiger partial charge on any atom is -0.378 e. The Bertz CT molecular complexity index is 1120. The molecule has 166 valence electrons. The molecule has 2 aromatic rings. The molecular formula is C19H22ClN5O5S. The van der Waals surface area contributed by atoms with Crippen LogP contribution in [0.25, 0.3) is 0 Å². The highest BCUT2D eigenvalue weighted by molar-refractivity contribution is 7.92. The van der Waals surface area contributed by atoms with Gasteiger partial charge in [0, 0.05) is 25.8 Å². The van der Waals surface area contributed by atoms with Gasteiger partial charge >= 0.3 is 0 Å². The standard InChI is InChI=1S/C19H22ClN5O5S/c1-24(31(2,28)29)15-11-12(22-18-14(17(21)26)5-6-16(20)23-18)3-4-13(15)19(27)25-7-9-30-10-8-25/h3-6,11H,7-10H2,1-2H3,(H2,21,26)(H,22,23). The van der Waals surface area contributed by atoms with Crippen molar-refractivity contribution >= 4 is 50.6 Å². The molecule has 1 aromatic heterocycles. The highest BCUT2D eigenvalue weighted by Crippen LogP contribution is 2.30. The van der Waals surface area contributed by atoms with Crippen molar-refractivity contribution in [1.82, 2.24) is 9.88 Å². The summed E-state index contributed by atoms with van der Waals surface area (Å²) in [5, 5.41) is 3.06. The van der Waals surface area contributed by atoms with Gasteiger partial charge in [0.25, 0.3) is 11.8 Å². The maximum Gasteiger partial charge on any atom is 0.256 e. The number of primary amides is 1. The second-order valence-electron chi connectivity index (χ2n) is 6.89. The lowest BCUT2D eigenvalue weighted by atomic mass is 10.1. The minimum atomic E-state index is -3.66.